The van der Waals surface area contributed by atoms with Crippen LogP contribution in [0.25, 0.3) is 23.9 Å². The zero-order valence-corrected chi connectivity index (χ0v) is 19.4. The van der Waals surface area contributed by atoms with E-state index < -0.39 is 0 Å². The number of fused-ring (bicyclic) bond motifs is 1. The average Bonchev–Trinajstić information content (AvgIpc) is 2.97. The molecule has 0 aliphatic carbocycles. The summed E-state index contributed by atoms with van der Waals surface area (Å²) in [4.78, 5) is 11.7. The van der Waals surface area contributed by atoms with Gasteiger partial charge in [0.2, 0.25) is 5.91 Å². The maximum absolute atomic E-state index is 11.7. The number of nitrogens with zero attached hydrogens (tertiary/aromatic N) is 1. The van der Waals surface area contributed by atoms with E-state index in [4.69, 9.17) is 0 Å². The normalized spacial score (nSPS) is 12.3. The van der Waals surface area contributed by atoms with Crippen molar-refractivity contribution >= 4 is 47.3 Å². The van der Waals surface area contributed by atoms with Crippen LogP contribution in [0.3, 0.4) is 0 Å². The largest absolute Gasteiger partial charge is 0.333 e. The summed E-state index contributed by atoms with van der Waals surface area (Å²) in [7, 11) is 0. The highest BCUT2D eigenvalue weighted by Crippen LogP contribution is 2.26. The van der Waals surface area contributed by atoms with Crippen LogP contribution in [-0.2, 0) is 17.6 Å². The molecule has 1 N–H and O–H groups in total. The van der Waals surface area contributed by atoms with Crippen molar-refractivity contribution in [3.63, 3.8) is 0 Å². The zero-order valence-electron chi connectivity index (χ0n) is 18.5. The molecule has 1 unspecified atom stereocenters. The van der Waals surface area contributed by atoms with E-state index in [2.05, 4.69) is 67.4 Å². The molecule has 1 amide bonds. The van der Waals surface area contributed by atoms with E-state index >= 15 is 0 Å². The molecule has 3 nitrogen and oxygen atoms in total. The fourth-order valence-corrected chi connectivity index (χ4v) is 5.02. The van der Waals surface area contributed by atoms with Crippen LogP contribution < -0.4 is 16.0 Å². The number of nitrogens with one attached hydrogen (secondary N) is 1. The van der Waals surface area contributed by atoms with E-state index in [0.29, 0.717) is 0 Å². The first-order valence-corrected chi connectivity index (χ1v) is 12.0. The number of hydrogen-bond donors (Lipinski definition) is 1. The summed E-state index contributed by atoms with van der Waals surface area (Å²) in [5, 5.41) is 6.81. The van der Waals surface area contributed by atoms with E-state index in [1.54, 1.807) is 0 Å². The van der Waals surface area contributed by atoms with Crippen LogP contribution in [0.2, 0.25) is 0 Å². The molecule has 0 spiro atoms. The van der Waals surface area contributed by atoms with Crippen molar-refractivity contribution in [2.24, 2.45) is 0 Å². The van der Waals surface area contributed by atoms with Crippen molar-refractivity contribution in [2.75, 3.05) is 17.3 Å². The van der Waals surface area contributed by atoms with Gasteiger partial charge in [-0.2, -0.15) is 11.8 Å². The number of thioether (sulfide) groups is 1. The van der Waals surface area contributed by atoms with Gasteiger partial charge in [-0.25, -0.2) is 0 Å². The molecule has 2 aromatic carbocycles. The predicted molar refractivity (Wildman–Crippen MR) is 133 cm³/mol. The molecule has 0 radical (unpaired) electrons. The van der Waals surface area contributed by atoms with Gasteiger partial charge in [0.15, 0.2) is 0 Å². The van der Waals surface area contributed by atoms with Crippen molar-refractivity contribution in [2.45, 2.75) is 46.1 Å². The topological polar surface area (TPSA) is 34.0 Å². The quantitative estimate of drug-likeness (QED) is 0.563. The highest BCUT2D eigenvalue weighted by molar-refractivity contribution is 7.98. The third-order valence-corrected chi connectivity index (χ3v) is 6.36. The van der Waals surface area contributed by atoms with E-state index in [1.807, 2.05) is 23.9 Å². The molecule has 3 aromatic rings. The molecule has 1 atom stereocenters. The summed E-state index contributed by atoms with van der Waals surface area (Å²) in [6.07, 6.45) is 5.42. The number of hydrogen-bond acceptors (Lipinski definition) is 2. The number of aromatic nitrogens is 1. The Morgan fingerprint density at radius 2 is 1.90 bits per heavy atom. The smallest absolute Gasteiger partial charge is 0.221 e. The van der Waals surface area contributed by atoms with Crippen LogP contribution in [0.15, 0.2) is 36.4 Å². The van der Waals surface area contributed by atoms with Crippen molar-refractivity contribution in [1.29, 1.82) is 0 Å². The summed E-state index contributed by atoms with van der Waals surface area (Å²) >= 11 is 1.82. The Morgan fingerprint density at radius 3 is 2.53 bits per heavy atom. The first-order chi connectivity index (χ1) is 14.4. The maximum atomic E-state index is 11.7. The molecular weight excluding hydrogens is 388 g/mol. The molecule has 3 rings (SSSR count). The average molecular weight is 421 g/mol. The number of rotatable bonds is 8. The Balaban J connectivity index is 2.23. The fraction of sp³-hybridized carbons (Fsp3) is 0.346. The Hall–Kier alpha value is -2.46. The first-order valence-electron chi connectivity index (χ1n) is 10.6. The van der Waals surface area contributed by atoms with Crippen LogP contribution >= 0.6 is 11.8 Å². The molecule has 1 aromatic heterocycles. The third kappa shape index (κ3) is 4.20. The molecule has 158 valence electrons. The second-order valence-corrected chi connectivity index (χ2v) is 8.69. The third-order valence-electron chi connectivity index (χ3n) is 5.71. The van der Waals surface area contributed by atoms with Gasteiger partial charge in [0.1, 0.15) is 0 Å². The van der Waals surface area contributed by atoms with Crippen molar-refractivity contribution in [3.05, 3.63) is 63.8 Å². The minimum atomic E-state index is -0.0831. The Labute approximate surface area is 183 Å². The van der Waals surface area contributed by atoms with Gasteiger partial charge in [0.25, 0.3) is 0 Å². The molecular formula is C26H32N2OS. The molecule has 0 saturated heterocycles. The van der Waals surface area contributed by atoms with Gasteiger partial charge in [-0.3, -0.25) is 4.79 Å². The Bertz CT molecular complexity index is 1160. The summed E-state index contributed by atoms with van der Waals surface area (Å²) in [5.41, 5.74) is 4.96. The summed E-state index contributed by atoms with van der Waals surface area (Å²) in [6, 6.07) is 13.0. The molecule has 0 aliphatic heterocycles. The lowest BCUT2D eigenvalue weighted by molar-refractivity contribution is -0.114. The SMILES string of the molecule is C=c1c2cccc(NC(C)=O)c2c(=C)n1C(CSC)c1ccc(CC)c(CCC)c1. The van der Waals surface area contributed by atoms with Crippen molar-refractivity contribution in [1.82, 2.24) is 4.57 Å². The predicted octanol–water partition coefficient (Wildman–Crippen LogP) is 4.89. The van der Waals surface area contributed by atoms with Crippen LogP contribution in [0.5, 0.6) is 0 Å². The molecule has 0 aliphatic rings. The molecule has 4 heteroatoms. The monoisotopic (exact) mass is 420 g/mol. The fourth-order valence-electron chi connectivity index (χ4n) is 4.36. The Morgan fingerprint density at radius 1 is 1.13 bits per heavy atom. The molecule has 1 heterocycles. The summed E-state index contributed by atoms with van der Waals surface area (Å²) in [6.45, 7) is 14.8. The number of benzene rings is 2. The number of carbonyl (C=O) groups excluding carboxylic acids is 1. The van der Waals surface area contributed by atoms with Crippen LogP contribution in [-0.4, -0.2) is 22.5 Å². The van der Waals surface area contributed by atoms with Crippen LogP contribution in [0.1, 0.15) is 49.9 Å². The van der Waals surface area contributed by atoms with E-state index in [9.17, 15) is 4.79 Å². The standard InChI is InChI=1S/C26H32N2OS/c1-7-10-21-15-22(14-13-20(21)8-2)25(16-30-6)28-17(3)23-11-9-12-24(27-19(5)29)26(23)18(28)4/h9,11-15,25H,3-4,7-8,10,16H2,1-2,5-6H3,(H,27,29). The van der Waals surface area contributed by atoms with Gasteiger partial charge in [-0.05, 0) is 41.9 Å². The first kappa shape index (κ1) is 22.2. The highest BCUT2D eigenvalue weighted by atomic mass is 32.2. The van der Waals surface area contributed by atoms with Gasteiger partial charge >= 0.3 is 0 Å². The number of aryl methyl sites for hydroxylation is 2. The second kappa shape index (κ2) is 9.57. The number of amides is 1. The lowest BCUT2D eigenvalue weighted by atomic mass is 9.96. The van der Waals surface area contributed by atoms with Crippen molar-refractivity contribution in [3.8, 4) is 0 Å². The van der Waals surface area contributed by atoms with Gasteiger partial charge in [0, 0.05) is 34.1 Å². The highest BCUT2D eigenvalue weighted by Gasteiger charge is 2.19. The molecule has 30 heavy (non-hydrogen) atoms. The minimum Gasteiger partial charge on any atom is -0.333 e. The van der Waals surface area contributed by atoms with E-state index in [-0.39, 0.29) is 11.9 Å². The van der Waals surface area contributed by atoms with Crippen LogP contribution in [0, 0.1) is 0 Å². The van der Waals surface area contributed by atoms with E-state index in [1.165, 1.54) is 23.6 Å². The van der Waals surface area contributed by atoms with Crippen LogP contribution in [0.4, 0.5) is 5.69 Å². The van der Waals surface area contributed by atoms with Gasteiger partial charge in [-0.15, -0.1) is 0 Å². The summed E-state index contributed by atoms with van der Waals surface area (Å²) in [5.74, 6) is 0.846. The number of anilines is 1. The van der Waals surface area contributed by atoms with Gasteiger partial charge < -0.3 is 9.88 Å². The lowest BCUT2D eigenvalue weighted by Crippen LogP contribution is -2.32. The number of carbonyl (C=O) groups is 1. The Kier molecular flexibility index (Phi) is 7.09. The van der Waals surface area contributed by atoms with Gasteiger partial charge in [-0.1, -0.05) is 63.8 Å². The lowest BCUT2D eigenvalue weighted by Gasteiger charge is -2.22. The molecule has 0 bridgehead atoms. The van der Waals surface area contributed by atoms with Crippen molar-refractivity contribution < 1.29 is 4.79 Å². The minimum absolute atomic E-state index is 0.0831. The summed E-state index contributed by atoms with van der Waals surface area (Å²) < 4.78 is 2.25. The molecule has 0 saturated carbocycles. The second-order valence-electron chi connectivity index (χ2n) is 7.78. The van der Waals surface area contributed by atoms with Gasteiger partial charge in [0.05, 0.1) is 11.7 Å². The maximum Gasteiger partial charge on any atom is 0.221 e. The van der Waals surface area contributed by atoms with E-state index in [0.717, 1.165) is 52.2 Å². The zero-order chi connectivity index (χ0) is 21.8. The molecule has 0 fully saturated rings.